The molecular formula is C11H10Cl2N4. The first kappa shape index (κ1) is 12.2. The normalized spacial score (nSPS) is 10.9. The lowest BCUT2D eigenvalue weighted by molar-refractivity contribution is 0.847. The summed E-state index contributed by atoms with van der Waals surface area (Å²) in [5.74, 6) is 0.559. The van der Waals surface area contributed by atoms with Crippen molar-refractivity contribution in [1.82, 2.24) is 19.9 Å². The van der Waals surface area contributed by atoms with Crippen LogP contribution in [0.25, 0.3) is 11.5 Å². The summed E-state index contributed by atoms with van der Waals surface area (Å²) in [5.41, 5.74) is 1.30. The molecule has 6 heteroatoms. The molecule has 0 radical (unpaired) electrons. The fraction of sp³-hybridized carbons (Fsp3) is 0.273. The predicted octanol–water partition coefficient (Wildman–Crippen LogP) is 3.36. The van der Waals surface area contributed by atoms with Gasteiger partial charge in [0.2, 0.25) is 0 Å². The Kier molecular flexibility index (Phi) is 3.54. The molecule has 0 amide bonds. The van der Waals surface area contributed by atoms with Gasteiger partial charge in [-0.15, -0.1) is 0 Å². The summed E-state index contributed by atoms with van der Waals surface area (Å²) < 4.78 is 0. The van der Waals surface area contributed by atoms with Gasteiger partial charge < -0.3 is 0 Å². The topological polar surface area (TPSA) is 51.6 Å². The van der Waals surface area contributed by atoms with Crippen LogP contribution in [0.5, 0.6) is 0 Å². The molecule has 2 aromatic rings. The highest BCUT2D eigenvalue weighted by molar-refractivity contribution is 6.34. The van der Waals surface area contributed by atoms with Crippen molar-refractivity contribution in [2.24, 2.45) is 0 Å². The van der Waals surface area contributed by atoms with Gasteiger partial charge in [-0.1, -0.05) is 37.0 Å². The van der Waals surface area contributed by atoms with Gasteiger partial charge in [0.1, 0.15) is 16.0 Å². The van der Waals surface area contributed by atoms with Crippen molar-refractivity contribution in [1.29, 1.82) is 0 Å². The van der Waals surface area contributed by atoms with Crippen LogP contribution in [0.1, 0.15) is 25.3 Å². The van der Waals surface area contributed by atoms with Gasteiger partial charge in [0.05, 0.1) is 6.20 Å². The summed E-state index contributed by atoms with van der Waals surface area (Å²) in [6, 6.07) is 0. The zero-order valence-corrected chi connectivity index (χ0v) is 10.9. The van der Waals surface area contributed by atoms with Crippen LogP contribution in [-0.4, -0.2) is 19.9 Å². The monoisotopic (exact) mass is 268 g/mol. The van der Waals surface area contributed by atoms with E-state index in [1.165, 1.54) is 0 Å². The lowest BCUT2D eigenvalue weighted by Gasteiger charge is -2.10. The van der Waals surface area contributed by atoms with Gasteiger partial charge in [-0.05, 0) is 5.92 Å². The lowest BCUT2D eigenvalue weighted by atomic mass is 10.1. The third kappa shape index (κ3) is 2.53. The van der Waals surface area contributed by atoms with E-state index in [9.17, 15) is 0 Å². The van der Waals surface area contributed by atoms with Gasteiger partial charge in [-0.3, -0.25) is 4.98 Å². The van der Waals surface area contributed by atoms with Crippen LogP contribution < -0.4 is 0 Å². The molecule has 0 fully saturated rings. The molecule has 2 rings (SSSR count). The standard InChI is InChI=1S/C11H10Cl2N4/c1-6(2)8-9(12)16-11(17-10(8)13)7-5-14-3-4-15-7/h3-6H,1-2H3. The van der Waals surface area contributed by atoms with Crippen molar-refractivity contribution < 1.29 is 0 Å². The Morgan fingerprint density at radius 2 is 1.71 bits per heavy atom. The maximum atomic E-state index is 6.10. The average Bonchev–Trinajstić information content (AvgIpc) is 2.28. The number of nitrogens with zero attached hydrogens (tertiary/aromatic N) is 4. The second kappa shape index (κ2) is 4.94. The van der Waals surface area contributed by atoms with Crippen LogP contribution in [0.3, 0.4) is 0 Å². The summed E-state index contributed by atoms with van der Waals surface area (Å²) in [5, 5.41) is 0.723. The Bertz CT molecular complexity index is 505. The van der Waals surface area contributed by atoms with Crippen molar-refractivity contribution in [2.75, 3.05) is 0 Å². The molecule has 0 aliphatic rings. The van der Waals surface area contributed by atoms with E-state index in [1.807, 2.05) is 13.8 Å². The first-order valence-corrected chi connectivity index (χ1v) is 5.84. The number of aromatic nitrogens is 4. The molecule has 4 nitrogen and oxygen atoms in total. The van der Waals surface area contributed by atoms with Crippen LogP contribution in [0.15, 0.2) is 18.6 Å². The summed E-state index contributed by atoms with van der Waals surface area (Å²) in [6.45, 7) is 3.97. The molecule has 0 spiro atoms. The van der Waals surface area contributed by atoms with Gasteiger partial charge in [0, 0.05) is 18.0 Å². The molecular weight excluding hydrogens is 259 g/mol. The summed E-state index contributed by atoms with van der Waals surface area (Å²) in [6.07, 6.45) is 4.71. The first-order valence-electron chi connectivity index (χ1n) is 5.09. The Morgan fingerprint density at radius 3 is 2.18 bits per heavy atom. The van der Waals surface area contributed by atoms with Crippen molar-refractivity contribution in [2.45, 2.75) is 19.8 Å². The van der Waals surface area contributed by atoms with Crippen molar-refractivity contribution in [3.8, 4) is 11.5 Å². The van der Waals surface area contributed by atoms with E-state index >= 15 is 0 Å². The second-order valence-electron chi connectivity index (χ2n) is 3.79. The minimum absolute atomic E-state index is 0.172. The van der Waals surface area contributed by atoms with Crippen molar-refractivity contribution >= 4 is 23.2 Å². The van der Waals surface area contributed by atoms with E-state index in [0.717, 1.165) is 5.56 Å². The third-order valence-electron chi connectivity index (χ3n) is 2.22. The Morgan fingerprint density at radius 1 is 1.06 bits per heavy atom. The zero-order chi connectivity index (χ0) is 12.4. The smallest absolute Gasteiger partial charge is 0.182 e. The van der Waals surface area contributed by atoms with E-state index in [1.54, 1.807) is 18.6 Å². The minimum Gasteiger partial charge on any atom is -0.261 e. The van der Waals surface area contributed by atoms with Crippen molar-refractivity contribution in [3.63, 3.8) is 0 Å². The summed E-state index contributed by atoms with van der Waals surface area (Å²) in [7, 11) is 0. The number of hydrogen-bond acceptors (Lipinski definition) is 4. The van der Waals surface area contributed by atoms with Crippen LogP contribution >= 0.6 is 23.2 Å². The Hall–Kier alpha value is -1.26. The molecule has 2 aromatic heterocycles. The maximum Gasteiger partial charge on any atom is 0.182 e. The summed E-state index contributed by atoms with van der Waals surface area (Å²) >= 11 is 12.2. The molecule has 0 aliphatic carbocycles. The van der Waals surface area contributed by atoms with Crippen LogP contribution in [0.2, 0.25) is 10.3 Å². The molecule has 0 N–H and O–H groups in total. The molecule has 0 aliphatic heterocycles. The number of rotatable bonds is 2. The highest BCUT2D eigenvalue weighted by Crippen LogP contribution is 2.30. The number of hydrogen-bond donors (Lipinski definition) is 0. The molecule has 17 heavy (non-hydrogen) atoms. The molecule has 0 saturated carbocycles. The largest absolute Gasteiger partial charge is 0.261 e. The minimum atomic E-state index is 0.172. The summed E-state index contributed by atoms with van der Waals surface area (Å²) in [4.78, 5) is 16.4. The molecule has 0 unspecified atom stereocenters. The van der Waals surface area contributed by atoms with Crippen LogP contribution in [-0.2, 0) is 0 Å². The molecule has 88 valence electrons. The first-order chi connectivity index (χ1) is 8.09. The van der Waals surface area contributed by atoms with E-state index in [-0.39, 0.29) is 5.92 Å². The van der Waals surface area contributed by atoms with Crippen LogP contribution in [0.4, 0.5) is 0 Å². The van der Waals surface area contributed by atoms with E-state index in [2.05, 4.69) is 19.9 Å². The Balaban J connectivity index is 2.53. The Labute approximate surface area is 109 Å². The molecule has 0 aromatic carbocycles. The maximum absolute atomic E-state index is 6.10. The van der Waals surface area contributed by atoms with Crippen LogP contribution in [0, 0.1) is 0 Å². The van der Waals surface area contributed by atoms with Crippen molar-refractivity contribution in [3.05, 3.63) is 34.5 Å². The highest BCUT2D eigenvalue weighted by Gasteiger charge is 2.15. The molecule has 0 atom stereocenters. The van der Waals surface area contributed by atoms with Gasteiger partial charge in [-0.25, -0.2) is 15.0 Å². The van der Waals surface area contributed by atoms with Gasteiger partial charge in [-0.2, -0.15) is 0 Å². The van der Waals surface area contributed by atoms with Gasteiger partial charge >= 0.3 is 0 Å². The molecule has 2 heterocycles. The third-order valence-corrected chi connectivity index (χ3v) is 2.80. The average molecular weight is 269 g/mol. The van der Waals surface area contributed by atoms with Gasteiger partial charge in [0.25, 0.3) is 0 Å². The van der Waals surface area contributed by atoms with Gasteiger partial charge in [0.15, 0.2) is 5.82 Å². The fourth-order valence-electron chi connectivity index (χ4n) is 1.42. The molecule has 0 saturated heterocycles. The van der Waals surface area contributed by atoms with E-state index in [0.29, 0.717) is 21.8 Å². The van der Waals surface area contributed by atoms with E-state index < -0.39 is 0 Å². The highest BCUT2D eigenvalue weighted by atomic mass is 35.5. The predicted molar refractivity (Wildman–Crippen MR) is 67.2 cm³/mol. The molecule has 0 bridgehead atoms. The number of halogens is 2. The SMILES string of the molecule is CC(C)c1c(Cl)nc(-c2cnccn2)nc1Cl. The fourth-order valence-corrected chi connectivity index (χ4v) is 2.25. The van der Waals surface area contributed by atoms with E-state index in [4.69, 9.17) is 23.2 Å². The zero-order valence-electron chi connectivity index (χ0n) is 9.35. The second-order valence-corrected chi connectivity index (χ2v) is 4.50. The lowest BCUT2D eigenvalue weighted by Crippen LogP contribution is -2.00. The quantitative estimate of drug-likeness (QED) is 0.784.